The zero-order chi connectivity index (χ0) is 8.97. The third-order valence-corrected chi connectivity index (χ3v) is 5.17. The van der Waals surface area contributed by atoms with Gasteiger partial charge in [-0.2, -0.15) is 0 Å². The molecule has 3 heteroatoms. The molecule has 1 aliphatic rings. The van der Waals surface area contributed by atoms with Crippen molar-refractivity contribution >= 4 is 21.2 Å². The smallest absolute Gasteiger partial charge is 0.0502 e. The first kappa shape index (κ1) is 13.5. The molecule has 0 saturated heterocycles. The number of hydrogen-bond donors (Lipinski definition) is 1. The van der Waals surface area contributed by atoms with Crippen LogP contribution in [0.2, 0.25) is 13.1 Å². The number of nitrogens with two attached hydrogens (primary N) is 1. The molecule has 0 heterocycles. The molecule has 1 aliphatic carbocycles. The topological polar surface area (TPSA) is 26.0 Å². The quantitative estimate of drug-likeness (QED) is 0.729. The summed E-state index contributed by atoms with van der Waals surface area (Å²) in [5, 5.41) is 0. The van der Waals surface area contributed by atoms with Gasteiger partial charge < -0.3 is 5.73 Å². The minimum Gasteiger partial charge on any atom is -0.331 e. The van der Waals surface area contributed by atoms with Crippen molar-refractivity contribution in [1.29, 1.82) is 0 Å². The van der Waals surface area contributed by atoms with Gasteiger partial charge in [0.15, 0.2) is 0 Å². The summed E-state index contributed by atoms with van der Waals surface area (Å²) in [6, 6.07) is 0. The molecule has 1 fully saturated rings. The van der Waals surface area contributed by atoms with Gasteiger partial charge >= 0.3 is 0 Å². The number of halogens is 1. The van der Waals surface area contributed by atoms with E-state index >= 15 is 0 Å². The Morgan fingerprint density at radius 3 is 2.23 bits per heavy atom. The monoisotopic (exact) mass is 221 g/mol. The summed E-state index contributed by atoms with van der Waals surface area (Å²) >= 11 is 0. The van der Waals surface area contributed by atoms with E-state index in [1.54, 1.807) is 0 Å². The van der Waals surface area contributed by atoms with E-state index in [4.69, 9.17) is 5.73 Å². The van der Waals surface area contributed by atoms with Crippen molar-refractivity contribution in [3.8, 4) is 0 Å². The molecule has 0 aromatic carbocycles. The second kappa shape index (κ2) is 6.85. The van der Waals surface area contributed by atoms with Crippen LogP contribution >= 0.6 is 12.4 Å². The molecule has 1 rings (SSSR count). The minimum atomic E-state index is -0.558. The van der Waals surface area contributed by atoms with E-state index in [9.17, 15) is 0 Å². The van der Waals surface area contributed by atoms with Crippen molar-refractivity contribution in [2.24, 2.45) is 11.7 Å². The van der Waals surface area contributed by atoms with E-state index < -0.39 is 8.80 Å². The summed E-state index contributed by atoms with van der Waals surface area (Å²) < 4.78 is 0. The fraction of sp³-hybridized carbons (Fsp3) is 1.00. The summed E-state index contributed by atoms with van der Waals surface area (Å²) in [7, 11) is -0.558. The molecule has 0 amide bonds. The van der Waals surface area contributed by atoms with Gasteiger partial charge in [-0.15, -0.1) is 12.4 Å². The van der Waals surface area contributed by atoms with Crippen LogP contribution in [0.15, 0.2) is 0 Å². The third-order valence-electron chi connectivity index (χ3n) is 3.19. The van der Waals surface area contributed by atoms with Gasteiger partial charge in [0.05, 0.1) is 8.80 Å². The second-order valence-electron chi connectivity index (χ2n) is 4.65. The van der Waals surface area contributed by atoms with Crippen molar-refractivity contribution in [2.45, 2.75) is 57.3 Å². The predicted molar refractivity (Wildman–Crippen MR) is 65.3 cm³/mol. The van der Waals surface area contributed by atoms with Crippen molar-refractivity contribution < 1.29 is 0 Å². The van der Waals surface area contributed by atoms with Crippen LogP contribution in [0.4, 0.5) is 0 Å². The Balaban J connectivity index is 0.00000144. The lowest BCUT2D eigenvalue weighted by atomic mass is 9.87. The molecule has 0 aliphatic heterocycles. The zero-order valence-corrected chi connectivity index (χ0v) is 10.9. The molecule has 0 aromatic rings. The first-order valence-electron chi connectivity index (χ1n) is 5.45. The highest BCUT2D eigenvalue weighted by Crippen LogP contribution is 2.27. The van der Waals surface area contributed by atoms with Gasteiger partial charge in [-0.05, 0) is 18.0 Å². The zero-order valence-electron chi connectivity index (χ0n) is 8.96. The average Bonchev–Trinajstić information content (AvgIpc) is 2.06. The number of rotatable bonds is 3. The number of hydrogen-bond acceptors (Lipinski definition) is 1. The largest absolute Gasteiger partial charge is 0.331 e. The van der Waals surface area contributed by atoms with Gasteiger partial charge in [-0.25, -0.2) is 0 Å². The molecular formula is C10H24ClNSi. The van der Waals surface area contributed by atoms with Crippen LogP contribution in [0, 0.1) is 5.92 Å². The van der Waals surface area contributed by atoms with Gasteiger partial charge in [0.25, 0.3) is 0 Å². The maximum atomic E-state index is 6.11. The van der Waals surface area contributed by atoms with Crippen molar-refractivity contribution in [3.63, 3.8) is 0 Å². The average molecular weight is 222 g/mol. The highest BCUT2D eigenvalue weighted by Gasteiger charge is 2.18. The Hall–Kier alpha value is 0.467. The molecule has 0 spiro atoms. The Morgan fingerprint density at radius 1 is 1.23 bits per heavy atom. The molecule has 1 nitrogen and oxygen atoms in total. The van der Waals surface area contributed by atoms with Crippen LogP contribution in [-0.4, -0.2) is 14.5 Å². The van der Waals surface area contributed by atoms with Crippen LogP contribution in [0.1, 0.15) is 38.5 Å². The van der Waals surface area contributed by atoms with E-state index in [0.29, 0.717) is 5.67 Å². The van der Waals surface area contributed by atoms with Crippen LogP contribution in [-0.2, 0) is 0 Å². The van der Waals surface area contributed by atoms with Gasteiger partial charge in [-0.3, -0.25) is 0 Å². The maximum absolute atomic E-state index is 6.11. The summed E-state index contributed by atoms with van der Waals surface area (Å²) in [6.45, 7) is 4.74. The molecule has 13 heavy (non-hydrogen) atoms. The molecule has 0 aromatic heterocycles. The molecule has 1 saturated carbocycles. The molecule has 80 valence electrons. The Bertz CT molecular complexity index is 124. The molecule has 0 radical (unpaired) electrons. The first-order valence-corrected chi connectivity index (χ1v) is 8.43. The summed E-state index contributed by atoms with van der Waals surface area (Å²) in [6.07, 6.45) is 8.60. The maximum Gasteiger partial charge on any atom is 0.0502 e. The van der Waals surface area contributed by atoms with Gasteiger partial charge in [-0.1, -0.05) is 45.2 Å². The molecular weight excluding hydrogens is 198 g/mol. The Labute approximate surface area is 90.5 Å². The summed E-state index contributed by atoms with van der Waals surface area (Å²) in [5.74, 6) is 0.976. The predicted octanol–water partition coefficient (Wildman–Crippen LogP) is 2.73. The van der Waals surface area contributed by atoms with E-state index in [-0.39, 0.29) is 12.4 Å². The lowest BCUT2D eigenvalue weighted by Crippen LogP contribution is -2.36. The van der Waals surface area contributed by atoms with E-state index in [0.717, 1.165) is 5.92 Å². The van der Waals surface area contributed by atoms with Crippen LogP contribution < -0.4 is 5.73 Å². The molecule has 1 atom stereocenters. The second-order valence-corrected chi connectivity index (χ2v) is 7.99. The van der Waals surface area contributed by atoms with Gasteiger partial charge in [0, 0.05) is 0 Å². The first-order chi connectivity index (χ1) is 5.70. The fourth-order valence-electron chi connectivity index (χ4n) is 2.08. The molecule has 2 N–H and O–H groups in total. The normalized spacial score (nSPS) is 21.2. The third kappa shape index (κ3) is 5.04. The minimum absolute atomic E-state index is 0. The lowest BCUT2D eigenvalue weighted by molar-refractivity contribution is 0.335. The fourth-order valence-corrected chi connectivity index (χ4v) is 3.01. The molecule has 0 bridgehead atoms. The van der Waals surface area contributed by atoms with E-state index in [1.165, 1.54) is 38.5 Å². The summed E-state index contributed by atoms with van der Waals surface area (Å²) in [4.78, 5) is 0. The van der Waals surface area contributed by atoms with Gasteiger partial charge in [0.1, 0.15) is 0 Å². The van der Waals surface area contributed by atoms with E-state index in [1.807, 2.05) is 0 Å². The Kier molecular flexibility index (Phi) is 7.10. The van der Waals surface area contributed by atoms with Crippen LogP contribution in [0.3, 0.4) is 0 Å². The van der Waals surface area contributed by atoms with Crippen LogP contribution in [0.5, 0.6) is 0 Å². The summed E-state index contributed by atoms with van der Waals surface area (Å²) in [5.41, 5.74) is 6.69. The van der Waals surface area contributed by atoms with Crippen molar-refractivity contribution in [1.82, 2.24) is 0 Å². The van der Waals surface area contributed by atoms with Crippen molar-refractivity contribution in [2.75, 3.05) is 0 Å². The van der Waals surface area contributed by atoms with E-state index in [2.05, 4.69) is 13.1 Å². The standard InChI is InChI=1S/C10H23NSi.ClH/c1-12(2)10(11)8-9-6-4-3-5-7-9;/h9-10,12H,3-8,11H2,1-2H3;1H. The van der Waals surface area contributed by atoms with Gasteiger partial charge in [0.2, 0.25) is 0 Å². The SMILES string of the molecule is C[SiH](C)C(N)CC1CCCCC1.Cl. The lowest BCUT2D eigenvalue weighted by Gasteiger charge is -2.25. The highest BCUT2D eigenvalue weighted by atomic mass is 35.5. The van der Waals surface area contributed by atoms with Crippen molar-refractivity contribution in [3.05, 3.63) is 0 Å². The highest BCUT2D eigenvalue weighted by molar-refractivity contribution is 6.57. The molecule has 1 unspecified atom stereocenters. The Morgan fingerprint density at radius 2 is 1.77 bits per heavy atom. The van der Waals surface area contributed by atoms with Crippen LogP contribution in [0.25, 0.3) is 0 Å².